The number of aromatic nitrogens is 3. The first-order valence-electron chi connectivity index (χ1n) is 9.20. The van der Waals surface area contributed by atoms with Crippen LogP contribution >= 0.6 is 34.4 Å². The van der Waals surface area contributed by atoms with Gasteiger partial charge < -0.3 is 10.1 Å². The molecule has 0 unspecified atom stereocenters. The van der Waals surface area contributed by atoms with Gasteiger partial charge in [0, 0.05) is 27.2 Å². The summed E-state index contributed by atoms with van der Waals surface area (Å²) in [7, 11) is 1.32. The predicted octanol–water partition coefficient (Wildman–Crippen LogP) is 4.64. The summed E-state index contributed by atoms with van der Waals surface area (Å²) in [6.45, 7) is 8.34. The van der Waals surface area contributed by atoms with Gasteiger partial charge in [-0.25, -0.2) is 4.79 Å². The van der Waals surface area contributed by atoms with E-state index in [-0.39, 0.29) is 11.7 Å². The number of ether oxygens (including phenoxy) is 1. The fourth-order valence-electron chi connectivity index (χ4n) is 2.75. The molecule has 0 atom stereocenters. The maximum atomic E-state index is 12.5. The molecule has 0 bridgehead atoms. The smallest absolute Gasteiger partial charge is 0.340 e. The van der Waals surface area contributed by atoms with Crippen LogP contribution in [-0.2, 0) is 22.5 Å². The number of rotatable bonds is 9. The van der Waals surface area contributed by atoms with Crippen LogP contribution in [0.25, 0.3) is 11.4 Å². The molecule has 0 spiro atoms. The molecule has 1 amide bonds. The SMILES string of the molecule is C=CCn1c(SCC(=O)Nc2sc(C)cc2C(=O)OC)nnc1-c1csc(CC)c1. The number of amides is 1. The predicted molar refractivity (Wildman–Crippen MR) is 123 cm³/mol. The van der Waals surface area contributed by atoms with Gasteiger partial charge in [0.25, 0.3) is 0 Å². The quantitative estimate of drug-likeness (QED) is 0.283. The van der Waals surface area contributed by atoms with E-state index in [1.165, 1.54) is 35.1 Å². The van der Waals surface area contributed by atoms with E-state index in [9.17, 15) is 9.59 Å². The Balaban J connectivity index is 1.72. The Hall–Kier alpha value is -2.43. The van der Waals surface area contributed by atoms with Crippen molar-refractivity contribution in [1.82, 2.24) is 14.8 Å². The third-order valence-electron chi connectivity index (χ3n) is 4.13. The topological polar surface area (TPSA) is 86.1 Å². The minimum Gasteiger partial charge on any atom is -0.465 e. The van der Waals surface area contributed by atoms with Crippen LogP contribution in [0.4, 0.5) is 5.00 Å². The fraction of sp³-hybridized carbons (Fsp3) is 0.300. The minimum absolute atomic E-state index is 0.136. The van der Waals surface area contributed by atoms with Crippen LogP contribution in [0.5, 0.6) is 0 Å². The van der Waals surface area contributed by atoms with Crippen LogP contribution in [0.3, 0.4) is 0 Å². The maximum Gasteiger partial charge on any atom is 0.340 e. The third kappa shape index (κ3) is 5.00. The van der Waals surface area contributed by atoms with Crippen molar-refractivity contribution in [2.45, 2.75) is 32.0 Å². The molecule has 3 heterocycles. The van der Waals surface area contributed by atoms with Gasteiger partial charge in [-0.1, -0.05) is 24.8 Å². The Morgan fingerprint density at radius 1 is 1.37 bits per heavy atom. The number of nitrogens with one attached hydrogen (secondary N) is 1. The van der Waals surface area contributed by atoms with Crippen molar-refractivity contribution in [3.63, 3.8) is 0 Å². The van der Waals surface area contributed by atoms with Crippen molar-refractivity contribution in [2.75, 3.05) is 18.2 Å². The molecule has 1 N–H and O–H groups in total. The molecule has 3 aromatic rings. The minimum atomic E-state index is -0.472. The van der Waals surface area contributed by atoms with Crippen LogP contribution in [0.15, 0.2) is 35.3 Å². The number of hydrogen-bond donors (Lipinski definition) is 1. The summed E-state index contributed by atoms with van der Waals surface area (Å²) in [5, 5.41) is 14.6. The van der Waals surface area contributed by atoms with Crippen molar-refractivity contribution < 1.29 is 14.3 Å². The number of thioether (sulfide) groups is 1. The van der Waals surface area contributed by atoms with E-state index in [4.69, 9.17) is 4.74 Å². The van der Waals surface area contributed by atoms with E-state index in [0.717, 1.165) is 22.7 Å². The zero-order valence-corrected chi connectivity index (χ0v) is 19.4. The summed E-state index contributed by atoms with van der Waals surface area (Å²) in [4.78, 5) is 26.6. The molecule has 0 aliphatic rings. The van der Waals surface area contributed by atoms with Gasteiger partial charge >= 0.3 is 5.97 Å². The number of carbonyl (C=O) groups excluding carboxylic acids is 2. The summed E-state index contributed by atoms with van der Waals surface area (Å²) >= 11 is 4.32. The van der Waals surface area contributed by atoms with E-state index in [0.29, 0.717) is 22.3 Å². The molecular weight excluding hydrogens is 440 g/mol. The van der Waals surface area contributed by atoms with Crippen LogP contribution in [0.1, 0.15) is 27.0 Å². The number of nitrogens with zero attached hydrogens (tertiary/aromatic N) is 3. The standard InChI is InChI=1S/C20H22N4O3S3/c1-5-7-24-17(13-9-14(6-2)28-10-13)22-23-20(24)29-11-16(25)21-18-15(19(26)27-4)8-12(3)30-18/h5,8-10H,1,6-7,11H2,2-4H3,(H,21,25). The average Bonchev–Trinajstić information content (AvgIpc) is 3.44. The number of carbonyl (C=O) groups is 2. The average molecular weight is 463 g/mol. The zero-order valence-electron chi connectivity index (χ0n) is 16.9. The van der Waals surface area contributed by atoms with Gasteiger partial charge in [-0.15, -0.1) is 39.4 Å². The molecule has 0 fully saturated rings. The lowest BCUT2D eigenvalue weighted by Gasteiger charge is -2.07. The Labute approximate surface area is 187 Å². The molecule has 10 heteroatoms. The van der Waals surface area contributed by atoms with E-state index in [1.54, 1.807) is 23.5 Å². The molecule has 0 radical (unpaired) electrons. The molecule has 3 rings (SSSR count). The van der Waals surface area contributed by atoms with Gasteiger partial charge in [0.05, 0.1) is 18.4 Å². The number of allylic oxidation sites excluding steroid dienone is 1. The first-order valence-corrected chi connectivity index (χ1v) is 11.9. The highest BCUT2D eigenvalue weighted by atomic mass is 32.2. The highest BCUT2D eigenvalue weighted by Crippen LogP contribution is 2.30. The second-order valence-corrected chi connectivity index (χ2v) is 9.48. The molecule has 3 aromatic heterocycles. The molecular formula is C20H22N4O3S3. The molecule has 0 saturated heterocycles. The Kier molecular flexibility index (Phi) is 7.46. The lowest BCUT2D eigenvalue weighted by atomic mass is 10.2. The van der Waals surface area contributed by atoms with E-state index in [2.05, 4.69) is 40.5 Å². The molecule has 0 saturated carbocycles. The first kappa shape index (κ1) is 22.3. The van der Waals surface area contributed by atoms with Gasteiger partial charge in [0.1, 0.15) is 5.00 Å². The maximum absolute atomic E-state index is 12.5. The highest BCUT2D eigenvalue weighted by Gasteiger charge is 2.19. The van der Waals surface area contributed by atoms with Crippen molar-refractivity contribution in [3.05, 3.63) is 45.5 Å². The Morgan fingerprint density at radius 3 is 2.83 bits per heavy atom. The number of esters is 1. The second kappa shape index (κ2) is 10.1. The third-order valence-corrected chi connectivity index (χ3v) is 7.15. The molecule has 0 aromatic carbocycles. The summed E-state index contributed by atoms with van der Waals surface area (Å²) in [5.74, 6) is 0.192. The molecule has 30 heavy (non-hydrogen) atoms. The number of anilines is 1. The first-order chi connectivity index (χ1) is 14.5. The number of thiophene rings is 2. The normalized spacial score (nSPS) is 10.8. The van der Waals surface area contributed by atoms with E-state index in [1.807, 2.05) is 11.5 Å². The Bertz CT molecular complexity index is 1070. The van der Waals surface area contributed by atoms with Crippen molar-refractivity contribution in [2.24, 2.45) is 0 Å². The number of hydrogen-bond acceptors (Lipinski definition) is 8. The summed E-state index contributed by atoms with van der Waals surface area (Å²) in [6, 6.07) is 3.82. The summed E-state index contributed by atoms with van der Waals surface area (Å²) < 4.78 is 6.73. The molecule has 0 aliphatic heterocycles. The highest BCUT2D eigenvalue weighted by molar-refractivity contribution is 7.99. The Morgan fingerprint density at radius 2 is 2.17 bits per heavy atom. The summed E-state index contributed by atoms with van der Waals surface area (Å²) in [5.41, 5.74) is 1.37. The zero-order chi connectivity index (χ0) is 21.7. The van der Waals surface area contributed by atoms with Crippen LogP contribution in [-0.4, -0.2) is 39.5 Å². The molecule has 0 aliphatic carbocycles. The van der Waals surface area contributed by atoms with E-state index >= 15 is 0 Å². The summed E-state index contributed by atoms with van der Waals surface area (Å²) in [6.07, 6.45) is 2.75. The van der Waals surface area contributed by atoms with Gasteiger partial charge in [0.2, 0.25) is 5.91 Å². The second-order valence-electron chi connectivity index (χ2n) is 6.29. The fourth-order valence-corrected chi connectivity index (χ4v) is 5.22. The van der Waals surface area contributed by atoms with E-state index < -0.39 is 5.97 Å². The number of methoxy groups -OCH3 is 1. The number of aryl methyl sites for hydroxylation is 2. The van der Waals surface area contributed by atoms with Crippen molar-refractivity contribution >= 4 is 51.3 Å². The van der Waals surface area contributed by atoms with Gasteiger partial charge in [0.15, 0.2) is 11.0 Å². The monoisotopic (exact) mass is 462 g/mol. The van der Waals surface area contributed by atoms with Gasteiger partial charge in [-0.05, 0) is 25.5 Å². The van der Waals surface area contributed by atoms with Crippen LogP contribution in [0.2, 0.25) is 0 Å². The van der Waals surface area contributed by atoms with Gasteiger partial charge in [-0.3, -0.25) is 9.36 Å². The lowest BCUT2D eigenvalue weighted by molar-refractivity contribution is -0.113. The van der Waals surface area contributed by atoms with Crippen LogP contribution < -0.4 is 5.32 Å². The van der Waals surface area contributed by atoms with Gasteiger partial charge in [-0.2, -0.15) is 0 Å². The van der Waals surface area contributed by atoms with Crippen molar-refractivity contribution in [3.8, 4) is 11.4 Å². The molecule has 158 valence electrons. The van der Waals surface area contributed by atoms with Crippen molar-refractivity contribution in [1.29, 1.82) is 0 Å². The lowest BCUT2D eigenvalue weighted by Crippen LogP contribution is -2.16. The molecule has 7 nitrogen and oxygen atoms in total. The van der Waals surface area contributed by atoms with Crippen LogP contribution in [0, 0.1) is 6.92 Å². The largest absolute Gasteiger partial charge is 0.465 e.